The van der Waals surface area contributed by atoms with Gasteiger partial charge in [-0.3, -0.25) is 9.69 Å². The molecule has 6 nitrogen and oxygen atoms in total. The molecule has 0 spiro atoms. The average molecular weight is 379 g/mol. The molecule has 0 aromatic carbocycles. The van der Waals surface area contributed by atoms with Crippen LogP contribution >= 0.6 is 24.0 Å². The highest BCUT2D eigenvalue weighted by Crippen LogP contribution is 2.32. The van der Waals surface area contributed by atoms with Gasteiger partial charge < -0.3 is 9.64 Å². The average Bonchev–Trinajstić information content (AvgIpc) is 2.98. The van der Waals surface area contributed by atoms with Crippen LogP contribution in [0.5, 0.6) is 0 Å². The number of hydrogen-bond donors (Lipinski definition) is 0. The first-order chi connectivity index (χ1) is 10.9. The normalized spacial score (nSPS) is 25.6. The van der Waals surface area contributed by atoms with Crippen LogP contribution in [0.4, 0.5) is 0 Å². The third-order valence-electron chi connectivity index (χ3n) is 3.93. The van der Waals surface area contributed by atoms with Gasteiger partial charge in [-0.15, -0.1) is 0 Å². The number of thioether (sulfide) groups is 1. The monoisotopic (exact) mass is 378 g/mol. The third-order valence-corrected chi connectivity index (χ3v) is 7.05. The summed E-state index contributed by atoms with van der Waals surface area (Å²) in [5, 5.41) is 0. The number of carbonyl (C=O) groups excluding carboxylic acids is 1. The molecule has 2 aliphatic rings. The van der Waals surface area contributed by atoms with Gasteiger partial charge in [-0.2, -0.15) is 0 Å². The molecule has 0 aromatic rings. The van der Waals surface area contributed by atoms with Gasteiger partial charge in [0.1, 0.15) is 4.32 Å². The van der Waals surface area contributed by atoms with E-state index in [1.54, 1.807) is 18.2 Å². The van der Waals surface area contributed by atoms with Crippen molar-refractivity contribution in [1.29, 1.82) is 0 Å². The minimum atomic E-state index is -2.95. The summed E-state index contributed by atoms with van der Waals surface area (Å²) >= 11 is 6.56. The minimum Gasteiger partial charge on any atom is -0.385 e. The quantitative estimate of drug-likeness (QED) is 0.375. The molecule has 0 bridgehead atoms. The standard InChI is InChI=1S/C14H22N2O4S3/c1-3-15(11-5-8-23(18,19)10-11)9-12-13(17)16(14(21)22-12)6-4-7-20-2/h9,11H,3-8,10H2,1-2H3/b12-9+/t11-/m1/s1. The highest BCUT2D eigenvalue weighted by Gasteiger charge is 2.35. The van der Waals surface area contributed by atoms with Crippen LogP contribution in [0.1, 0.15) is 19.8 Å². The number of rotatable bonds is 7. The molecule has 2 rings (SSSR count). The molecule has 0 radical (unpaired) electrons. The Morgan fingerprint density at radius 1 is 1.52 bits per heavy atom. The van der Waals surface area contributed by atoms with Crippen LogP contribution in [0.3, 0.4) is 0 Å². The van der Waals surface area contributed by atoms with Crippen molar-refractivity contribution in [2.75, 3.05) is 38.3 Å². The van der Waals surface area contributed by atoms with Gasteiger partial charge in [0.05, 0.1) is 16.4 Å². The molecule has 0 saturated carbocycles. The first-order valence-electron chi connectivity index (χ1n) is 7.58. The lowest BCUT2D eigenvalue weighted by Gasteiger charge is -2.25. The summed E-state index contributed by atoms with van der Waals surface area (Å²) < 4.78 is 28.9. The van der Waals surface area contributed by atoms with Crippen LogP contribution in [-0.4, -0.2) is 72.8 Å². The van der Waals surface area contributed by atoms with Crippen LogP contribution in [0, 0.1) is 0 Å². The number of carbonyl (C=O) groups is 1. The van der Waals surface area contributed by atoms with Crippen molar-refractivity contribution in [3.63, 3.8) is 0 Å². The highest BCUT2D eigenvalue weighted by atomic mass is 32.2. The van der Waals surface area contributed by atoms with E-state index in [0.29, 0.717) is 35.3 Å². The maximum Gasteiger partial charge on any atom is 0.267 e. The van der Waals surface area contributed by atoms with E-state index in [4.69, 9.17) is 17.0 Å². The van der Waals surface area contributed by atoms with Crippen LogP contribution in [-0.2, 0) is 19.4 Å². The molecule has 0 aromatic heterocycles. The number of sulfone groups is 1. The van der Waals surface area contributed by atoms with Gasteiger partial charge in [0.25, 0.3) is 5.91 Å². The van der Waals surface area contributed by atoms with E-state index < -0.39 is 9.84 Å². The summed E-state index contributed by atoms with van der Waals surface area (Å²) in [6.07, 6.45) is 3.12. The number of hydrogen-bond acceptors (Lipinski definition) is 7. The van der Waals surface area contributed by atoms with Gasteiger partial charge in [0, 0.05) is 39.0 Å². The molecule has 2 heterocycles. The predicted molar refractivity (Wildman–Crippen MR) is 95.9 cm³/mol. The predicted octanol–water partition coefficient (Wildman–Crippen LogP) is 1.23. The Balaban J connectivity index is 2.06. The second-order valence-corrected chi connectivity index (χ2v) is 9.46. The molecule has 0 N–H and O–H groups in total. The Bertz CT molecular complexity index is 603. The topological polar surface area (TPSA) is 66.9 Å². The number of nitrogens with zero attached hydrogens (tertiary/aromatic N) is 2. The molecule has 2 aliphatic heterocycles. The van der Waals surface area contributed by atoms with Crippen LogP contribution < -0.4 is 0 Å². The molecular weight excluding hydrogens is 356 g/mol. The van der Waals surface area contributed by atoms with Gasteiger partial charge >= 0.3 is 0 Å². The van der Waals surface area contributed by atoms with E-state index in [9.17, 15) is 13.2 Å². The summed E-state index contributed by atoms with van der Waals surface area (Å²) in [6.45, 7) is 3.74. The summed E-state index contributed by atoms with van der Waals surface area (Å²) in [7, 11) is -1.32. The lowest BCUT2D eigenvalue weighted by Crippen LogP contribution is -2.33. The molecule has 9 heteroatoms. The maximum absolute atomic E-state index is 12.5. The maximum atomic E-state index is 12.5. The molecule has 1 atom stereocenters. The van der Waals surface area contributed by atoms with Gasteiger partial charge in [0.15, 0.2) is 9.84 Å². The molecule has 0 aliphatic carbocycles. The second-order valence-electron chi connectivity index (χ2n) is 5.55. The molecule has 23 heavy (non-hydrogen) atoms. The summed E-state index contributed by atoms with van der Waals surface area (Å²) in [5.41, 5.74) is 0. The number of amides is 1. The first-order valence-corrected chi connectivity index (χ1v) is 10.6. The van der Waals surface area contributed by atoms with Gasteiger partial charge in [-0.05, 0) is 19.8 Å². The number of ether oxygens (including phenoxy) is 1. The van der Waals surface area contributed by atoms with Gasteiger partial charge in [-0.1, -0.05) is 24.0 Å². The highest BCUT2D eigenvalue weighted by molar-refractivity contribution is 8.26. The van der Waals surface area contributed by atoms with E-state index in [0.717, 1.165) is 6.42 Å². The molecule has 0 unspecified atom stereocenters. The van der Waals surface area contributed by atoms with E-state index in [2.05, 4.69) is 0 Å². The van der Waals surface area contributed by atoms with E-state index >= 15 is 0 Å². The zero-order valence-corrected chi connectivity index (χ0v) is 15.8. The minimum absolute atomic E-state index is 0.0537. The Morgan fingerprint density at radius 3 is 2.83 bits per heavy atom. The fourth-order valence-electron chi connectivity index (χ4n) is 2.69. The molecule has 1 amide bonds. The van der Waals surface area contributed by atoms with Crippen molar-refractivity contribution >= 4 is 44.0 Å². The zero-order valence-electron chi connectivity index (χ0n) is 13.4. The van der Waals surface area contributed by atoms with Crippen LogP contribution in [0.15, 0.2) is 11.1 Å². The third kappa shape index (κ3) is 4.68. The summed E-state index contributed by atoms with van der Waals surface area (Å²) in [4.78, 5) is 16.6. The summed E-state index contributed by atoms with van der Waals surface area (Å²) in [5.74, 6) is 0.279. The van der Waals surface area contributed by atoms with Crippen molar-refractivity contribution in [3.8, 4) is 0 Å². The first kappa shape index (κ1) is 18.7. The lowest BCUT2D eigenvalue weighted by molar-refractivity contribution is -0.122. The largest absolute Gasteiger partial charge is 0.385 e. The van der Waals surface area contributed by atoms with E-state index in [1.165, 1.54) is 11.8 Å². The van der Waals surface area contributed by atoms with Crippen molar-refractivity contribution < 1.29 is 17.9 Å². The molecule has 2 saturated heterocycles. The molecule has 130 valence electrons. The van der Waals surface area contributed by atoms with Crippen molar-refractivity contribution in [2.45, 2.75) is 25.8 Å². The Morgan fingerprint density at radius 2 is 2.26 bits per heavy atom. The zero-order chi connectivity index (χ0) is 17.0. The number of thiocarbonyl (C=S) groups is 1. The molecular formula is C14H22N2O4S3. The Labute approximate surface area is 147 Å². The van der Waals surface area contributed by atoms with Crippen molar-refractivity contribution in [2.24, 2.45) is 0 Å². The van der Waals surface area contributed by atoms with Crippen LogP contribution in [0.2, 0.25) is 0 Å². The number of methoxy groups -OCH3 is 1. The lowest BCUT2D eigenvalue weighted by atomic mass is 10.2. The second kappa shape index (κ2) is 7.96. The van der Waals surface area contributed by atoms with Gasteiger partial charge in [-0.25, -0.2) is 8.42 Å². The van der Waals surface area contributed by atoms with E-state index in [-0.39, 0.29) is 23.5 Å². The van der Waals surface area contributed by atoms with Crippen molar-refractivity contribution in [1.82, 2.24) is 9.80 Å². The van der Waals surface area contributed by atoms with Crippen LogP contribution in [0.25, 0.3) is 0 Å². The Hall–Kier alpha value is -0.640. The van der Waals surface area contributed by atoms with Crippen molar-refractivity contribution in [3.05, 3.63) is 11.1 Å². The fourth-order valence-corrected chi connectivity index (χ4v) is 5.74. The SMILES string of the molecule is CCN(/C=C1/SC(=S)N(CCCOC)C1=O)[C@@H]1CCS(=O)(=O)C1. The van der Waals surface area contributed by atoms with Gasteiger partial charge in [0.2, 0.25) is 0 Å². The Kier molecular flexibility index (Phi) is 6.47. The summed E-state index contributed by atoms with van der Waals surface area (Å²) in [6, 6.07) is -0.0537. The fraction of sp³-hybridized carbons (Fsp3) is 0.714. The molecule has 2 fully saturated rings. The smallest absolute Gasteiger partial charge is 0.267 e. The van der Waals surface area contributed by atoms with E-state index in [1.807, 2.05) is 11.8 Å².